The smallest absolute Gasteiger partial charge is 0.339 e. The summed E-state index contributed by atoms with van der Waals surface area (Å²) in [5.74, 6) is -2.89. The molecule has 0 radical (unpaired) electrons. The molecule has 0 aliphatic heterocycles. The van der Waals surface area contributed by atoms with Crippen molar-refractivity contribution in [1.82, 2.24) is 5.32 Å². The third-order valence-electron chi connectivity index (χ3n) is 7.11. The van der Waals surface area contributed by atoms with Crippen LogP contribution in [0.3, 0.4) is 0 Å². The number of ether oxygens (including phenoxy) is 1. The van der Waals surface area contributed by atoms with Crippen LogP contribution in [0.5, 0.6) is 0 Å². The van der Waals surface area contributed by atoms with E-state index in [0.29, 0.717) is 21.8 Å². The van der Waals surface area contributed by atoms with Gasteiger partial charge in [0.05, 0.1) is 23.4 Å². The van der Waals surface area contributed by atoms with Crippen molar-refractivity contribution in [3.63, 3.8) is 0 Å². The van der Waals surface area contributed by atoms with Crippen LogP contribution in [-0.2, 0) is 14.3 Å². The Balaban J connectivity index is 1.36. The molecule has 0 saturated carbocycles. The van der Waals surface area contributed by atoms with Gasteiger partial charge in [-0.05, 0) is 72.3 Å². The number of thioether (sulfide) groups is 1. The zero-order valence-corrected chi connectivity index (χ0v) is 27.6. The number of halogens is 2. The maximum absolute atomic E-state index is 14.7. The molecule has 246 valence electrons. The van der Waals surface area contributed by atoms with Crippen LogP contribution in [0.2, 0.25) is 5.02 Å². The fourth-order valence-electron chi connectivity index (χ4n) is 4.67. The highest BCUT2D eigenvalue weighted by molar-refractivity contribution is 8.00. The first-order valence-corrected chi connectivity index (χ1v) is 16.1. The molecule has 11 heteroatoms. The number of esters is 1. The predicted molar refractivity (Wildman–Crippen MR) is 190 cm³/mol. The maximum atomic E-state index is 14.7. The fraction of sp³-hybridized carbons (Fsp3) is 0.0526. The van der Waals surface area contributed by atoms with Gasteiger partial charge in [0.2, 0.25) is 5.91 Å². The lowest BCUT2D eigenvalue weighted by Crippen LogP contribution is -2.30. The number of rotatable bonds is 11. The van der Waals surface area contributed by atoms with E-state index >= 15 is 0 Å². The van der Waals surface area contributed by atoms with Gasteiger partial charge in [0, 0.05) is 21.7 Å². The number of carbonyl (C=O) groups is 4. The molecule has 5 aromatic carbocycles. The molecule has 5 rings (SSSR count). The maximum Gasteiger partial charge on any atom is 0.339 e. The highest BCUT2D eigenvalue weighted by Crippen LogP contribution is 2.37. The topological polar surface area (TPSA) is 114 Å². The lowest BCUT2D eigenvalue weighted by molar-refractivity contribution is -0.116. The molecule has 0 saturated heterocycles. The average molecular weight is 694 g/mol. The molecule has 0 bridgehead atoms. The van der Waals surface area contributed by atoms with Gasteiger partial charge in [-0.2, -0.15) is 0 Å². The van der Waals surface area contributed by atoms with Crippen LogP contribution in [-0.4, -0.2) is 30.8 Å². The quantitative estimate of drug-likeness (QED) is 0.0731. The number of methoxy groups -OCH3 is 1. The molecule has 0 aromatic heterocycles. The zero-order chi connectivity index (χ0) is 34.8. The van der Waals surface area contributed by atoms with Crippen LogP contribution < -0.4 is 16.0 Å². The number of anilines is 2. The molecule has 5 aromatic rings. The van der Waals surface area contributed by atoms with Crippen molar-refractivity contribution >= 4 is 64.5 Å². The summed E-state index contributed by atoms with van der Waals surface area (Å²) in [5, 5.41) is 7.50. The van der Waals surface area contributed by atoms with E-state index in [1.165, 1.54) is 43.1 Å². The number of nitrogens with one attached hydrogen (secondary N) is 3. The second kappa shape index (κ2) is 16.4. The summed E-state index contributed by atoms with van der Waals surface area (Å²) in [6.07, 6.45) is 1.18. The number of hydrogen-bond donors (Lipinski definition) is 3. The SMILES string of the molecule is COC(=O)c1ccccc1NC(=O)C(Sc1ccc(NC(=O)/C(=C/c2c(F)cccc2Cl)NC(=O)c2ccccc2)cc1)c1ccccc1. The summed E-state index contributed by atoms with van der Waals surface area (Å²) in [5.41, 5.74) is 1.66. The van der Waals surface area contributed by atoms with E-state index in [-0.39, 0.29) is 27.8 Å². The van der Waals surface area contributed by atoms with Gasteiger partial charge in [-0.15, -0.1) is 11.8 Å². The van der Waals surface area contributed by atoms with Gasteiger partial charge in [0.15, 0.2) is 0 Å². The Labute approximate surface area is 291 Å². The Morgan fingerprint density at radius 3 is 2.10 bits per heavy atom. The van der Waals surface area contributed by atoms with Gasteiger partial charge in [-0.3, -0.25) is 14.4 Å². The Kier molecular flexibility index (Phi) is 11.6. The molecule has 0 heterocycles. The molecule has 49 heavy (non-hydrogen) atoms. The van der Waals surface area contributed by atoms with Crippen LogP contribution >= 0.6 is 23.4 Å². The third-order valence-corrected chi connectivity index (χ3v) is 8.71. The summed E-state index contributed by atoms with van der Waals surface area (Å²) in [4.78, 5) is 53.0. The van der Waals surface area contributed by atoms with Crippen molar-refractivity contribution in [2.45, 2.75) is 10.1 Å². The summed E-state index contributed by atoms with van der Waals surface area (Å²) < 4.78 is 19.5. The molecule has 0 aliphatic rings. The highest BCUT2D eigenvalue weighted by Gasteiger charge is 2.24. The van der Waals surface area contributed by atoms with Crippen LogP contribution in [0.1, 0.15) is 37.1 Å². The monoisotopic (exact) mass is 693 g/mol. The number of benzene rings is 5. The second-order valence-corrected chi connectivity index (χ2v) is 12.0. The summed E-state index contributed by atoms with van der Waals surface area (Å²) >= 11 is 7.48. The Morgan fingerprint density at radius 1 is 0.776 bits per heavy atom. The van der Waals surface area contributed by atoms with Crippen LogP contribution in [0.25, 0.3) is 6.08 Å². The molecular weight excluding hydrogens is 665 g/mol. The average Bonchev–Trinajstić information content (AvgIpc) is 3.12. The normalized spacial score (nSPS) is 11.6. The summed E-state index contributed by atoms with van der Waals surface area (Å²) in [6.45, 7) is 0. The van der Waals surface area contributed by atoms with E-state index in [9.17, 15) is 23.6 Å². The van der Waals surface area contributed by atoms with Gasteiger partial charge in [-0.25, -0.2) is 9.18 Å². The summed E-state index contributed by atoms with van der Waals surface area (Å²) in [6, 6.07) is 34.8. The number of carbonyl (C=O) groups excluding carboxylic acids is 4. The first-order chi connectivity index (χ1) is 23.7. The van der Waals surface area contributed by atoms with Crippen molar-refractivity contribution < 1.29 is 28.3 Å². The van der Waals surface area contributed by atoms with Crippen molar-refractivity contribution in [2.75, 3.05) is 17.7 Å². The molecule has 8 nitrogen and oxygen atoms in total. The minimum atomic E-state index is -0.713. The van der Waals surface area contributed by atoms with Gasteiger partial charge in [-0.1, -0.05) is 78.3 Å². The molecular formula is C38H29ClFN3O5S. The zero-order valence-electron chi connectivity index (χ0n) is 26.0. The van der Waals surface area contributed by atoms with E-state index in [1.807, 2.05) is 30.3 Å². The Bertz CT molecular complexity index is 1990. The van der Waals surface area contributed by atoms with E-state index in [1.54, 1.807) is 78.9 Å². The van der Waals surface area contributed by atoms with Gasteiger partial charge in [0.25, 0.3) is 11.8 Å². The van der Waals surface area contributed by atoms with Gasteiger partial charge in [0.1, 0.15) is 16.8 Å². The molecule has 3 N–H and O–H groups in total. The standard InChI is InChI=1S/C38H29ClFN3O5S/c1-48-38(47)28-15-8-9-18-32(28)42-37(46)34(24-11-4-2-5-12-24)49-27-21-19-26(20-22-27)41-36(45)33(23-29-30(39)16-10-17-31(29)40)43-35(44)25-13-6-3-7-14-25/h2-23,34H,1H3,(H,41,45)(H,42,46)(H,43,44)/b33-23-. The van der Waals surface area contributed by atoms with Crippen LogP contribution in [0.4, 0.5) is 15.8 Å². The first-order valence-electron chi connectivity index (χ1n) is 14.9. The fourth-order valence-corrected chi connectivity index (χ4v) is 5.91. The largest absolute Gasteiger partial charge is 0.465 e. The second-order valence-electron chi connectivity index (χ2n) is 10.4. The van der Waals surface area contributed by atoms with Gasteiger partial charge < -0.3 is 20.7 Å². The van der Waals surface area contributed by atoms with E-state index in [4.69, 9.17) is 16.3 Å². The minimum Gasteiger partial charge on any atom is -0.465 e. The van der Waals surface area contributed by atoms with Crippen molar-refractivity contribution in [3.05, 3.63) is 166 Å². The minimum absolute atomic E-state index is 0.0612. The molecule has 0 aliphatic carbocycles. The summed E-state index contributed by atoms with van der Waals surface area (Å²) in [7, 11) is 1.27. The number of para-hydroxylation sites is 1. The van der Waals surface area contributed by atoms with Gasteiger partial charge >= 0.3 is 5.97 Å². The molecule has 1 atom stereocenters. The van der Waals surface area contributed by atoms with Crippen molar-refractivity contribution in [3.8, 4) is 0 Å². The number of amides is 3. The third kappa shape index (κ3) is 9.01. The van der Waals surface area contributed by atoms with Crippen LogP contribution in [0, 0.1) is 5.82 Å². The Hall–Kier alpha value is -5.71. The Morgan fingerprint density at radius 2 is 1.43 bits per heavy atom. The lowest BCUT2D eigenvalue weighted by Gasteiger charge is -2.18. The predicted octanol–water partition coefficient (Wildman–Crippen LogP) is 8.15. The number of hydrogen-bond acceptors (Lipinski definition) is 6. The van der Waals surface area contributed by atoms with E-state index in [2.05, 4.69) is 16.0 Å². The lowest BCUT2D eigenvalue weighted by atomic mass is 10.1. The van der Waals surface area contributed by atoms with E-state index in [0.717, 1.165) is 5.56 Å². The highest BCUT2D eigenvalue weighted by atomic mass is 35.5. The molecule has 3 amide bonds. The van der Waals surface area contributed by atoms with Crippen molar-refractivity contribution in [1.29, 1.82) is 0 Å². The molecule has 1 unspecified atom stereocenters. The first kappa shape index (κ1) is 34.6. The van der Waals surface area contributed by atoms with Crippen molar-refractivity contribution in [2.24, 2.45) is 0 Å². The van der Waals surface area contributed by atoms with Crippen LogP contribution in [0.15, 0.2) is 138 Å². The molecule has 0 spiro atoms. The molecule has 0 fully saturated rings. The van der Waals surface area contributed by atoms with E-state index < -0.39 is 28.9 Å².